The number of ether oxygens (including phenoxy) is 1. The molecule has 0 radical (unpaired) electrons. The van der Waals surface area contributed by atoms with Gasteiger partial charge in [0.15, 0.2) is 11.0 Å². The summed E-state index contributed by atoms with van der Waals surface area (Å²) in [4.78, 5) is 30.5. The van der Waals surface area contributed by atoms with E-state index < -0.39 is 0 Å². The van der Waals surface area contributed by atoms with Gasteiger partial charge in [-0.3, -0.25) is 9.78 Å². The predicted octanol–water partition coefficient (Wildman–Crippen LogP) is 4.12. The van der Waals surface area contributed by atoms with Gasteiger partial charge in [-0.15, -0.1) is 21.5 Å². The first-order valence-electron chi connectivity index (χ1n) is 10.5. The number of methoxy groups -OCH3 is 1. The van der Waals surface area contributed by atoms with Gasteiger partial charge in [0.05, 0.1) is 18.4 Å². The fourth-order valence-corrected chi connectivity index (χ4v) is 5.81. The van der Waals surface area contributed by atoms with Crippen LogP contribution in [-0.4, -0.2) is 44.5 Å². The van der Waals surface area contributed by atoms with Crippen LogP contribution in [0.15, 0.2) is 29.7 Å². The predicted molar refractivity (Wildman–Crippen MR) is 125 cm³/mol. The zero-order valence-electron chi connectivity index (χ0n) is 18.1. The summed E-state index contributed by atoms with van der Waals surface area (Å²) in [6.07, 6.45) is 9.71. The molecule has 1 aliphatic carbocycles. The van der Waals surface area contributed by atoms with E-state index in [-0.39, 0.29) is 17.6 Å². The number of esters is 1. The summed E-state index contributed by atoms with van der Waals surface area (Å²) in [6, 6.07) is 3.75. The van der Waals surface area contributed by atoms with E-state index in [0.717, 1.165) is 43.2 Å². The second kappa shape index (κ2) is 10.3. The molecule has 0 spiro atoms. The molecule has 32 heavy (non-hydrogen) atoms. The van der Waals surface area contributed by atoms with Gasteiger partial charge >= 0.3 is 5.97 Å². The van der Waals surface area contributed by atoms with Crippen LogP contribution in [0.25, 0.3) is 11.4 Å². The average Bonchev–Trinajstić information content (AvgIpc) is 3.32. The monoisotopic (exact) mass is 471 g/mol. The van der Waals surface area contributed by atoms with Gasteiger partial charge < -0.3 is 14.6 Å². The van der Waals surface area contributed by atoms with E-state index in [0.29, 0.717) is 21.5 Å². The number of carbonyl (C=O) groups excluding carboxylic acids is 2. The highest BCUT2D eigenvalue weighted by molar-refractivity contribution is 7.99. The molecule has 0 saturated carbocycles. The first kappa shape index (κ1) is 22.5. The summed E-state index contributed by atoms with van der Waals surface area (Å²) in [7, 11) is 3.24. The molecule has 1 aliphatic rings. The van der Waals surface area contributed by atoms with Crippen molar-refractivity contribution in [3.63, 3.8) is 0 Å². The van der Waals surface area contributed by atoms with Crippen LogP contribution in [0.5, 0.6) is 0 Å². The molecular formula is C22H25N5O3S2. The first-order valence-corrected chi connectivity index (χ1v) is 12.3. The van der Waals surface area contributed by atoms with Gasteiger partial charge in [-0.2, -0.15) is 0 Å². The van der Waals surface area contributed by atoms with Crippen LogP contribution in [0.3, 0.4) is 0 Å². The summed E-state index contributed by atoms with van der Waals surface area (Å²) in [5.74, 6) is 0.259. The van der Waals surface area contributed by atoms with Crippen molar-refractivity contribution in [3.8, 4) is 11.4 Å². The Morgan fingerprint density at radius 2 is 2.03 bits per heavy atom. The summed E-state index contributed by atoms with van der Waals surface area (Å²) in [5, 5.41) is 12.6. The van der Waals surface area contributed by atoms with Crippen molar-refractivity contribution >= 4 is 40.0 Å². The summed E-state index contributed by atoms with van der Waals surface area (Å²) >= 11 is 2.80. The van der Waals surface area contributed by atoms with E-state index in [1.807, 2.05) is 23.7 Å². The number of thioether (sulfide) groups is 1. The first-order chi connectivity index (χ1) is 15.6. The second-order valence-electron chi connectivity index (χ2n) is 7.56. The minimum atomic E-state index is -0.388. The summed E-state index contributed by atoms with van der Waals surface area (Å²) in [5.41, 5.74) is 2.42. The Balaban J connectivity index is 1.47. The second-order valence-corrected chi connectivity index (χ2v) is 9.61. The van der Waals surface area contributed by atoms with Gasteiger partial charge in [0.1, 0.15) is 5.00 Å². The molecule has 0 aromatic carbocycles. The van der Waals surface area contributed by atoms with Gasteiger partial charge in [0.2, 0.25) is 5.91 Å². The fraction of sp³-hybridized carbons (Fsp3) is 0.409. The lowest BCUT2D eigenvalue weighted by Gasteiger charge is -2.11. The van der Waals surface area contributed by atoms with Crippen LogP contribution in [0, 0.1) is 0 Å². The Morgan fingerprint density at radius 1 is 1.22 bits per heavy atom. The molecule has 0 bridgehead atoms. The Morgan fingerprint density at radius 3 is 2.78 bits per heavy atom. The molecule has 0 atom stereocenters. The van der Waals surface area contributed by atoms with Crippen LogP contribution >= 0.6 is 23.1 Å². The molecule has 168 valence electrons. The van der Waals surface area contributed by atoms with Crippen molar-refractivity contribution in [1.29, 1.82) is 0 Å². The largest absolute Gasteiger partial charge is 0.465 e. The number of aryl methyl sites for hydroxylation is 1. The number of pyridine rings is 1. The number of aromatic nitrogens is 4. The third-order valence-corrected chi connectivity index (χ3v) is 7.63. The maximum Gasteiger partial charge on any atom is 0.341 e. The third kappa shape index (κ3) is 4.86. The van der Waals surface area contributed by atoms with Crippen molar-refractivity contribution in [2.45, 2.75) is 43.7 Å². The lowest BCUT2D eigenvalue weighted by molar-refractivity contribution is -0.113. The van der Waals surface area contributed by atoms with Gasteiger partial charge in [-0.25, -0.2) is 4.79 Å². The molecule has 0 saturated heterocycles. The zero-order chi connectivity index (χ0) is 22.5. The Hall–Kier alpha value is -2.72. The molecule has 1 amide bonds. The third-order valence-electron chi connectivity index (χ3n) is 5.40. The molecular weight excluding hydrogens is 446 g/mol. The van der Waals surface area contributed by atoms with E-state index in [9.17, 15) is 9.59 Å². The van der Waals surface area contributed by atoms with Gasteiger partial charge in [-0.05, 0) is 43.4 Å². The fourth-order valence-electron chi connectivity index (χ4n) is 3.81. The molecule has 4 rings (SSSR count). The number of nitrogens with zero attached hydrogens (tertiary/aromatic N) is 4. The van der Waals surface area contributed by atoms with Crippen LogP contribution in [0.2, 0.25) is 0 Å². The number of fused-ring (bicyclic) bond motifs is 1. The van der Waals surface area contributed by atoms with Crippen molar-refractivity contribution in [2.75, 3.05) is 18.2 Å². The van der Waals surface area contributed by atoms with Crippen molar-refractivity contribution in [1.82, 2.24) is 19.7 Å². The van der Waals surface area contributed by atoms with E-state index in [4.69, 9.17) is 4.74 Å². The summed E-state index contributed by atoms with van der Waals surface area (Å²) in [6.45, 7) is 0. The van der Waals surface area contributed by atoms with Crippen LogP contribution in [-0.2, 0) is 29.4 Å². The summed E-state index contributed by atoms with van der Waals surface area (Å²) < 4.78 is 6.87. The zero-order valence-corrected chi connectivity index (χ0v) is 19.7. The molecule has 10 heteroatoms. The number of carbonyl (C=O) groups is 2. The highest BCUT2D eigenvalue weighted by Gasteiger charge is 2.26. The maximum atomic E-state index is 12.7. The molecule has 1 N–H and O–H groups in total. The minimum absolute atomic E-state index is 0.155. The topological polar surface area (TPSA) is 99.0 Å². The van der Waals surface area contributed by atoms with Crippen LogP contribution < -0.4 is 5.32 Å². The highest BCUT2D eigenvalue weighted by Crippen LogP contribution is 2.37. The average molecular weight is 472 g/mol. The van der Waals surface area contributed by atoms with Gasteiger partial charge in [-0.1, -0.05) is 24.6 Å². The quantitative estimate of drug-likeness (QED) is 0.426. The molecule has 3 heterocycles. The lowest BCUT2D eigenvalue weighted by atomic mass is 9.96. The standard InChI is InChI=1S/C22H25N5O3S2/c1-27-19(14-8-7-11-23-12-14)25-26-22(27)31-13-17(28)24-20-18(21(29)30-2)15-9-5-3-4-6-10-16(15)32-20/h7-8,11-12H,3-6,9-10,13H2,1-2H3,(H,24,28). The molecule has 8 nitrogen and oxygen atoms in total. The molecule has 3 aromatic heterocycles. The van der Waals surface area contributed by atoms with Crippen molar-refractivity contribution < 1.29 is 14.3 Å². The van der Waals surface area contributed by atoms with Crippen LogP contribution in [0.4, 0.5) is 5.00 Å². The van der Waals surface area contributed by atoms with Crippen molar-refractivity contribution in [3.05, 3.63) is 40.5 Å². The normalized spacial score (nSPS) is 13.7. The molecule has 0 aliphatic heterocycles. The SMILES string of the molecule is COC(=O)c1c(NC(=O)CSc2nnc(-c3cccnc3)n2C)sc2c1CCCCCC2. The maximum absolute atomic E-state index is 12.7. The Kier molecular flexibility index (Phi) is 7.21. The number of thiophene rings is 1. The number of nitrogens with one attached hydrogen (secondary N) is 1. The van der Waals surface area contributed by atoms with E-state index in [1.165, 1.54) is 41.5 Å². The smallest absolute Gasteiger partial charge is 0.341 e. The van der Waals surface area contributed by atoms with E-state index >= 15 is 0 Å². The number of hydrogen-bond acceptors (Lipinski definition) is 8. The Labute approximate surface area is 194 Å². The molecule has 0 unspecified atom stereocenters. The van der Waals surface area contributed by atoms with Gasteiger partial charge in [0, 0.05) is 29.9 Å². The number of rotatable bonds is 6. The van der Waals surface area contributed by atoms with Gasteiger partial charge in [0.25, 0.3) is 0 Å². The Bertz CT molecular complexity index is 1110. The minimum Gasteiger partial charge on any atom is -0.465 e. The van der Waals surface area contributed by atoms with E-state index in [2.05, 4.69) is 20.5 Å². The lowest BCUT2D eigenvalue weighted by Crippen LogP contribution is -2.16. The van der Waals surface area contributed by atoms with Crippen LogP contribution in [0.1, 0.15) is 46.5 Å². The highest BCUT2D eigenvalue weighted by atomic mass is 32.2. The number of amides is 1. The van der Waals surface area contributed by atoms with E-state index in [1.54, 1.807) is 12.4 Å². The molecule has 0 fully saturated rings. The molecule has 3 aromatic rings. The number of hydrogen-bond donors (Lipinski definition) is 1. The number of anilines is 1. The van der Waals surface area contributed by atoms with Crippen molar-refractivity contribution in [2.24, 2.45) is 7.05 Å².